The van der Waals surface area contributed by atoms with Gasteiger partial charge in [0.05, 0.1) is 18.6 Å². The molecule has 1 aromatic carbocycles. The van der Waals surface area contributed by atoms with E-state index in [2.05, 4.69) is 16.3 Å². The van der Waals surface area contributed by atoms with E-state index in [1.54, 1.807) is 12.1 Å². The number of phenols is 1. The second-order valence-electron chi connectivity index (χ2n) is 9.36. The largest absolute Gasteiger partial charge is 0.508 e. The van der Waals surface area contributed by atoms with Gasteiger partial charge in [-0.1, -0.05) is 17.7 Å². The third-order valence-electron chi connectivity index (χ3n) is 8.51. The van der Waals surface area contributed by atoms with E-state index in [1.165, 1.54) is 14.0 Å². The van der Waals surface area contributed by atoms with Crippen molar-refractivity contribution < 1.29 is 28.9 Å². The number of rotatable bonds is 3. The molecule has 1 aliphatic carbocycles. The van der Waals surface area contributed by atoms with Gasteiger partial charge in [-0.05, 0) is 25.0 Å². The van der Waals surface area contributed by atoms with Gasteiger partial charge in [-0.25, -0.2) is 0 Å². The fraction of sp³-hybridized carbons (Fsp3) is 0.565. The van der Waals surface area contributed by atoms with Crippen molar-refractivity contribution in [2.75, 3.05) is 25.6 Å². The molecule has 4 fully saturated rings. The molecule has 6 unspecified atom stereocenters. The van der Waals surface area contributed by atoms with Gasteiger partial charge in [-0.2, -0.15) is 0 Å². The van der Waals surface area contributed by atoms with Crippen LogP contribution in [0.15, 0.2) is 29.8 Å². The number of carbonyl (C=O) groups is 2. The highest BCUT2D eigenvalue weighted by molar-refractivity contribution is 5.86. The van der Waals surface area contributed by atoms with Crippen LogP contribution >= 0.6 is 0 Å². The predicted molar refractivity (Wildman–Crippen MR) is 109 cm³/mol. The second-order valence-corrected chi connectivity index (χ2v) is 9.36. The number of esters is 2. The van der Waals surface area contributed by atoms with Crippen molar-refractivity contribution in [3.63, 3.8) is 0 Å². The predicted octanol–water partition coefficient (Wildman–Crippen LogP) is 1.88. The van der Waals surface area contributed by atoms with Crippen LogP contribution in [0.5, 0.6) is 5.75 Å². The summed E-state index contributed by atoms with van der Waals surface area (Å²) >= 11 is 0. The molecule has 4 bridgehead atoms. The second kappa shape index (κ2) is 5.81. The molecule has 8 heteroatoms. The molecule has 31 heavy (non-hydrogen) atoms. The zero-order valence-electron chi connectivity index (χ0n) is 17.8. The third kappa shape index (κ3) is 1.87. The maximum atomic E-state index is 13.8. The smallest absolute Gasteiger partial charge is 0.317 e. The first-order valence-corrected chi connectivity index (χ1v) is 10.8. The van der Waals surface area contributed by atoms with E-state index in [4.69, 9.17) is 14.2 Å². The van der Waals surface area contributed by atoms with Crippen molar-refractivity contribution in [3.05, 3.63) is 35.4 Å². The lowest BCUT2D eigenvalue weighted by atomic mass is 9.42. The molecule has 0 radical (unpaired) electrons. The lowest BCUT2D eigenvalue weighted by Crippen LogP contribution is -2.78. The summed E-state index contributed by atoms with van der Waals surface area (Å²) in [6.45, 7) is 3.98. The number of piperidine rings is 2. The molecular formula is C23H26N2O6. The van der Waals surface area contributed by atoms with Gasteiger partial charge in [0.25, 0.3) is 0 Å². The number of methoxy groups -OCH3 is 1. The average molecular weight is 426 g/mol. The Bertz CT molecular complexity index is 1050. The Hall–Kier alpha value is -2.58. The number of hydrogen-bond acceptors (Lipinski definition) is 8. The quantitative estimate of drug-likeness (QED) is 0.559. The standard InChI is InChI=1S/C23H26N2O6/c1-4-13-10-25-18-8-16(13)21(20(28)29-3,11-30-12(2)26)22-9-19(25)31-23(18,22)24-17-7-14(27)5-6-15(17)22/h4-7,16,18-19,24,27H,8-11H2,1-3H3/b13-4+. The zero-order chi connectivity index (χ0) is 21.8. The molecule has 1 saturated carbocycles. The van der Waals surface area contributed by atoms with Crippen LogP contribution in [0, 0.1) is 11.3 Å². The lowest BCUT2D eigenvalue weighted by Gasteiger charge is -2.64. The van der Waals surface area contributed by atoms with Gasteiger partial charge in [0, 0.05) is 37.6 Å². The molecule has 4 aliphatic heterocycles. The summed E-state index contributed by atoms with van der Waals surface area (Å²) in [5.74, 6) is -0.827. The van der Waals surface area contributed by atoms with Crippen LogP contribution in [0.25, 0.3) is 0 Å². The van der Waals surface area contributed by atoms with E-state index in [0.717, 1.165) is 16.8 Å². The molecule has 6 rings (SSSR count). The average Bonchev–Trinajstić information content (AvgIpc) is 3.34. The van der Waals surface area contributed by atoms with Crippen LogP contribution in [0.3, 0.4) is 0 Å². The summed E-state index contributed by atoms with van der Waals surface area (Å²) in [6, 6.07) is 5.27. The van der Waals surface area contributed by atoms with Gasteiger partial charge in [0.2, 0.25) is 0 Å². The molecular weight excluding hydrogens is 400 g/mol. The maximum Gasteiger partial charge on any atom is 0.317 e. The number of fused-ring (bicyclic) bond motifs is 4. The number of nitrogens with one attached hydrogen (secondary N) is 1. The molecule has 1 spiro atoms. The Kier molecular flexibility index (Phi) is 3.58. The van der Waals surface area contributed by atoms with Gasteiger partial charge in [-0.3, -0.25) is 14.5 Å². The molecule has 2 N–H and O–H groups in total. The molecule has 164 valence electrons. The van der Waals surface area contributed by atoms with Crippen molar-refractivity contribution in [3.8, 4) is 5.75 Å². The van der Waals surface area contributed by atoms with Gasteiger partial charge < -0.3 is 24.6 Å². The summed E-state index contributed by atoms with van der Waals surface area (Å²) < 4.78 is 17.8. The molecule has 6 atom stereocenters. The third-order valence-corrected chi connectivity index (χ3v) is 8.51. The molecule has 5 aliphatic rings. The van der Waals surface area contributed by atoms with E-state index in [0.29, 0.717) is 19.4 Å². The van der Waals surface area contributed by atoms with Crippen LogP contribution < -0.4 is 5.32 Å². The first kappa shape index (κ1) is 19.1. The number of anilines is 1. The highest BCUT2D eigenvalue weighted by atomic mass is 16.6. The van der Waals surface area contributed by atoms with Gasteiger partial charge >= 0.3 is 11.9 Å². The normalized spacial score (nSPS) is 42.3. The van der Waals surface area contributed by atoms with Crippen molar-refractivity contribution in [2.24, 2.45) is 11.3 Å². The fourth-order valence-electron chi connectivity index (χ4n) is 7.56. The first-order valence-electron chi connectivity index (χ1n) is 10.8. The number of ether oxygens (including phenoxy) is 3. The SMILES string of the molecule is C/C=C1\CN2C3CC45c6ccc(O)cc6NC4(O3)C2CC1C5(COC(C)=O)C(=O)OC. The van der Waals surface area contributed by atoms with Gasteiger partial charge in [-0.15, -0.1) is 0 Å². The Morgan fingerprint density at radius 1 is 1.42 bits per heavy atom. The van der Waals surface area contributed by atoms with Crippen molar-refractivity contribution >= 4 is 17.6 Å². The minimum absolute atomic E-state index is 0.0598. The van der Waals surface area contributed by atoms with Crippen LogP contribution in [-0.2, 0) is 29.2 Å². The number of aromatic hydroxyl groups is 1. The van der Waals surface area contributed by atoms with E-state index >= 15 is 0 Å². The monoisotopic (exact) mass is 426 g/mol. The lowest BCUT2D eigenvalue weighted by molar-refractivity contribution is -0.196. The van der Waals surface area contributed by atoms with Crippen LogP contribution in [0.1, 0.15) is 32.3 Å². The van der Waals surface area contributed by atoms with E-state index in [9.17, 15) is 14.7 Å². The van der Waals surface area contributed by atoms with Crippen molar-refractivity contribution in [1.29, 1.82) is 0 Å². The number of hydrogen-bond donors (Lipinski definition) is 2. The Labute approximate surface area is 180 Å². The molecule has 4 heterocycles. The highest BCUT2D eigenvalue weighted by Crippen LogP contribution is 2.76. The number of allylic oxidation sites excluding steroid dienone is 1. The van der Waals surface area contributed by atoms with Crippen molar-refractivity contribution in [2.45, 2.75) is 50.1 Å². The molecule has 0 amide bonds. The first-order chi connectivity index (χ1) is 14.8. The van der Waals surface area contributed by atoms with E-state index in [-0.39, 0.29) is 36.5 Å². The Morgan fingerprint density at radius 2 is 2.23 bits per heavy atom. The molecule has 0 aromatic heterocycles. The summed E-state index contributed by atoms with van der Waals surface area (Å²) in [5.41, 5.74) is 0.0158. The van der Waals surface area contributed by atoms with Crippen LogP contribution in [0.2, 0.25) is 0 Å². The Morgan fingerprint density at radius 3 is 2.94 bits per heavy atom. The molecule has 1 aromatic rings. The summed E-state index contributed by atoms with van der Waals surface area (Å²) in [4.78, 5) is 28.2. The van der Waals surface area contributed by atoms with Gasteiger partial charge in [0.1, 0.15) is 24.0 Å². The topological polar surface area (TPSA) is 97.3 Å². The molecule has 8 nitrogen and oxygen atoms in total. The number of benzene rings is 1. The summed E-state index contributed by atoms with van der Waals surface area (Å²) in [7, 11) is 1.39. The van der Waals surface area contributed by atoms with E-state index < -0.39 is 22.5 Å². The summed E-state index contributed by atoms with van der Waals surface area (Å²) in [5, 5.41) is 13.7. The fourth-order valence-corrected chi connectivity index (χ4v) is 7.56. The van der Waals surface area contributed by atoms with Gasteiger partial charge in [0.15, 0.2) is 5.72 Å². The zero-order valence-corrected chi connectivity index (χ0v) is 17.8. The highest BCUT2D eigenvalue weighted by Gasteiger charge is 2.87. The number of nitrogens with zero attached hydrogens (tertiary/aromatic N) is 1. The number of phenolic OH excluding ortho intramolecular Hbond substituents is 1. The molecule has 3 saturated heterocycles. The Balaban J connectivity index is 1.69. The van der Waals surface area contributed by atoms with Crippen molar-refractivity contribution in [1.82, 2.24) is 4.90 Å². The van der Waals surface area contributed by atoms with E-state index in [1.807, 2.05) is 13.0 Å². The van der Waals surface area contributed by atoms with Crippen LogP contribution in [0.4, 0.5) is 5.69 Å². The number of carbonyl (C=O) groups excluding carboxylic acids is 2. The summed E-state index contributed by atoms with van der Waals surface area (Å²) in [6.07, 6.45) is 3.20. The minimum atomic E-state index is -1.15. The van der Waals surface area contributed by atoms with Crippen LogP contribution in [-0.4, -0.2) is 60.2 Å². The minimum Gasteiger partial charge on any atom is -0.508 e. The maximum absolute atomic E-state index is 13.8.